The maximum absolute atomic E-state index is 13.8. The molecular formula is C23H16FNO3. The fraction of sp³-hybridized carbons (Fsp3) is 0.0435. The quantitative estimate of drug-likeness (QED) is 0.479. The molecule has 0 radical (unpaired) electrons. The van der Waals surface area contributed by atoms with Crippen LogP contribution in [-0.2, 0) is 16.1 Å². The van der Waals surface area contributed by atoms with E-state index in [1.54, 1.807) is 36.4 Å². The normalized spacial score (nSPS) is 14.7. The van der Waals surface area contributed by atoms with Crippen LogP contribution in [-0.4, -0.2) is 11.9 Å². The van der Waals surface area contributed by atoms with Crippen LogP contribution < -0.4 is 4.74 Å². The molecular weight excluding hydrogens is 357 g/mol. The van der Waals surface area contributed by atoms with E-state index in [1.807, 2.05) is 42.5 Å². The number of halogens is 1. The summed E-state index contributed by atoms with van der Waals surface area (Å²) in [4.78, 5) is 16.5. The molecule has 0 bridgehead atoms. The van der Waals surface area contributed by atoms with Crippen molar-refractivity contribution < 1.29 is 18.7 Å². The first-order chi connectivity index (χ1) is 13.7. The predicted octanol–water partition coefficient (Wildman–Crippen LogP) is 4.75. The number of ether oxygens (including phenoxy) is 2. The molecule has 28 heavy (non-hydrogen) atoms. The van der Waals surface area contributed by atoms with Gasteiger partial charge in [0.1, 0.15) is 18.2 Å². The van der Waals surface area contributed by atoms with Gasteiger partial charge in [0, 0.05) is 16.7 Å². The van der Waals surface area contributed by atoms with E-state index < -0.39 is 5.97 Å². The second-order valence-corrected chi connectivity index (χ2v) is 6.12. The van der Waals surface area contributed by atoms with E-state index in [2.05, 4.69) is 4.99 Å². The highest BCUT2D eigenvalue weighted by atomic mass is 19.1. The zero-order valence-electron chi connectivity index (χ0n) is 14.8. The molecule has 1 heterocycles. The first kappa shape index (κ1) is 17.7. The molecule has 4 nitrogen and oxygen atoms in total. The number of carbonyl (C=O) groups is 1. The first-order valence-corrected chi connectivity index (χ1v) is 8.74. The van der Waals surface area contributed by atoms with E-state index in [0.29, 0.717) is 16.9 Å². The van der Waals surface area contributed by atoms with Gasteiger partial charge in [0.25, 0.3) is 0 Å². The van der Waals surface area contributed by atoms with Gasteiger partial charge in [-0.3, -0.25) is 0 Å². The van der Waals surface area contributed by atoms with E-state index in [-0.39, 0.29) is 24.0 Å². The number of hydrogen-bond acceptors (Lipinski definition) is 4. The van der Waals surface area contributed by atoms with Gasteiger partial charge in [-0.2, -0.15) is 0 Å². The summed E-state index contributed by atoms with van der Waals surface area (Å²) in [6.45, 7) is 0.0792. The van der Waals surface area contributed by atoms with E-state index in [1.165, 1.54) is 6.07 Å². The fourth-order valence-corrected chi connectivity index (χ4v) is 2.76. The third kappa shape index (κ3) is 3.83. The maximum Gasteiger partial charge on any atom is 0.363 e. The van der Waals surface area contributed by atoms with Crippen LogP contribution in [0.5, 0.6) is 5.75 Å². The van der Waals surface area contributed by atoms with Crippen molar-refractivity contribution in [1.82, 2.24) is 0 Å². The molecule has 0 saturated carbocycles. The van der Waals surface area contributed by atoms with E-state index in [9.17, 15) is 9.18 Å². The molecule has 1 aliphatic rings. The van der Waals surface area contributed by atoms with Crippen molar-refractivity contribution in [1.29, 1.82) is 0 Å². The Labute approximate surface area is 161 Å². The van der Waals surface area contributed by atoms with Crippen LogP contribution in [0.15, 0.2) is 89.6 Å². The van der Waals surface area contributed by atoms with Crippen molar-refractivity contribution in [3.63, 3.8) is 0 Å². The highest BCUT2D eigenvalue weighted by Gasteiger charge is 2.24. The summed E-state index contributed by atoms with van der Waals surface area (Å²) in [5, 5.41) is 0. The Morgan fingerprint density at radius 2 is 1.64 bits per heavy atom. The summed E-state index contributed by atoms with van der Waals surface area (Å²) in [6, 6.07) is 22.8. The molecule has 3 aromatic carbocycles. The number of esters is 1. The number of nitrogens with zero attached hydrogens (tertiary/aromatic N) is 1. The van der Waals surface area contributed by atoms with Gasteiger partial charge < -0.3 is 9.47 Å². The van der Waals surface area contributed by atoms with Crippen LogP contribution in [0.4, 0.5) is 4.39 Å². The number of rotatable bonds is 5. The molecule has 0 saturated heterocycles. The molecule has 0 amide bonds. The Balaban J connectivity index is 1.59. The van der Waals surface area contributed by atoms with Gasteiger partial charge in [0.2, 0.25) is 5.90 Å². The highest BCUT2D eigenvalue weighted by molar-refractivity contribution is 6.12. The Morgan fingerprint density at radius 3 is 2.46 bits per heavy atom. The summed E-state index contributed by atoms with van der Waals surface area (Å²) >= 11 is 0. The maximum atomic E-state index is 13.8. The summed E-state index contributed by atoms with van der Waals surface area (Å²) in [7, 11) is 0. The Bertz CT molecular complexity index is 1070. The van der Waals surface area contributed by atoms with Crippen molar-refractivity contribution in [2.75, 3.05) is 0 Å². The Hall–Kier alpha value is -3.73. The van der Waals surface area contributed by atoms with Gasteiger partial charge >= 0.3 is 5.97 Å². The second-order valence-electron chi connectivity index (χ2n) is 6.12. The Kier molecular flexibility index (Phi) is 4.97. The van der Waals surface area contributed by atoms with Crippen LogP contribution in [0.2, 0.25) is 0 Å². The van der Waals surface area contributed by atoms with Crippen molar-refractivity contribution >= 4 is 17.9 Å². The molecule has 0 unspecified atom stereocenters. The number of para-hydroxylation sites is 1. The molecule has 1 aliphatic heterocycles. The molecule has 5 heteroatoms. The lowest BCUT2D eigenvalue weighted by atomic mass is 10.1. The lowest BCUT2D eigenvalue weighted by molar-refractivity contribution is -0.129. The Morgan fingerprint density at radius 1 is 0.929 bits per heavy atom. The van der Waals surface area contributed by atoms with E-state index in [4.69, 9.17) is 9.47 Å². The second kappa shape index (κ2) is 7.88. The topological polar surface area (TPSA) is 47.9 Å². The molecule has 0 N–H and O–H groups in total. The van der Waals surface area contributed by atoms with Gasteiger partial charge in [-0.25, -0.2) is 14.2 Å². The molecule has 3 aromatic rings. The minimum atomic E-state index is -0.525. The van der Waals surface area contributed by atoms with Crippen molar-refractivity contribution in [3.05, 3.63) is 107 Å². The zero-order chi connectivity index (χ0) is 19.3. The van der Waals surface area contributed by atoms with Gasteiger partial charge in [0.15, 0.2) is 5.70 Å². The number of aliphatic imine (C=N–C) groups is 1. The van der Waals surface area contributed by atoms with E-state index >= 15 is 0 Å². The summed E-state index contributed by atoms with van der Waals surface area (Å²) < 4.78 is 24.9. The molecule has 0 aliphatic carbocycles. The fourth-order valence-electron chi connectivity index (χ4n) is 2.76. The number of hydrogen-bond donors (Lipinski definition) is 0. The van der Waals surface area contributed by atoms with Crippen LogP contribution in [0.3, 0.4) is 0 Å². The average Bonchev–Trinajstić information content (AvgIpc) is 3.09. The molecule has 0 spiro atoms. The van der Waals surface area contributed by atoms with Crippen LogP contribution in [0, 0.1) is 5.82 Å². The minimum Gasteiger partial charge on any atom is -0.488 e. The number of carbonyl (C=O) groups excluding carboxylic acids is 1. The number of benzene rings is 3. The summed E-state index contributed by atoms with van der Waals surface area (Å²) in [6.07, 6.45) is 1.61. The minimum absolute atomic E-state index is 0.0792. The lowest BCUT2D eigenvalue weighted by Gasteiger charge is -2.10. The number of cyclic esters (lactones) is 1. The van der Waals surface area contributed by atoms with Gasteiger partial charge in [-0.05, 0) is 30.3 Å². The largest absolute Gasteiger partial charge is 0.488 e. The summed E-state index contributed by atoms with van der Waals surface area (Å²) in [5.74, 6) is -0.0615. The highest BCUT2D eigenvalue weighted by Crippen LogP contribution is 2.25. The van der Waals surface area contributed by atoms with Gasteiger partial charge in [0.05, 0.1) is 0 Å². The predicted molar refractivity (Wildman–Crippen MR) is 104 cm³/mol. The molecule has 0 aromatic heterocycles. The van der Waals surface area contributed by atoms with Gasteiger partial charge in [-0.15, -0.1) is 0 Å². The zero-order valence-corrected chi connectivity index (χ0v) is 14.8. The lowest BCUT2D eigenvalue weighted by Crippen LogP contribution is -2.05. The van der Waals surface area contributed by atoms with E-state index in [0.717, 1.165) is 5.56 Å². The van der Waals surface area contributed by atoms with Crippen LogP contribution in [0.1, 0.15) is 16.7 Å². The average molecular weight is 373 g/mol. The van der Waals surface area contributed by atoms with Crippen molar-refractivity contribution in [2.45, 2.75) is 6.61 Å². The van der Waals surface area contributed by atoms with Crippen LogP contribution >= 0.6 is 0 Å². The van der Waals surface area contributed by atoms with Crippen molar-refractivity contribution in [2.24, 2.45) is 4.99 Å². The molecule has 0 atom stereocenters. The smallest absolute Gasteiger partial charge is 0.363 e. The SMILES string of the molecule is O=C1OC(c2ccccc2)=NC1=Cc1ccccc1OCc1ccccc1F. The van der Waals surface area contributed by atoms with Crippen molar-refractivity contribution in [3.8, 4) is 5.75 Å². The van der Waals surface area contributed by atoms with Gasteiger partial charge in [-0.1, -0.05) is 54.6 Å². The first-order valence-electron chi connectivity index (χ1n) is 8.74. The van der Waals surface area contributed by atoms with Crippen LogP contribution in [0.25, 0.3) is 6.08 Å². The third-order valence-electron chi connectivity index (χ3n) is 4.19. The monoisotopic (exact) mass is 373 g/mol. The third-order valence-corrected chi connectivity index (χ3v) is 4.19. The standard InChI is InChI=1S/C23H16FNO3/c24-19-12-6-4-11-18(19)15-27-21-13-7-5-10-17(21)14-20-23(26)28-22(25-20)16-8-2-1-3-9-16/h1-14H,15H2. The summed E-state index contributed by atoms with van der Waals surface area (Å²) in [5.41, 5.74) is 2.02. The molecule has 4 rings (SSSR count). The molecule has 138 valence electrons. The molecule has 0 fully saturated rings.